The largest absolute Gasteiger partial charge is 0.391 e. The molecule has 2 fully saturated rings. The van der Waals surface area contributed by atoms with E-state index in [4.69, 9.17) is 0 Å². The van der Waals surface area contributed by atoms with Crippen LogP contribution in [0.15, 0.2) is 18.3 Å². The Hall–Kier alpha value is -1.62. The molecule has 114 valence electrons. The van der Waals surface area contributed by atoms with Gasteiger partial charge in [0.05, 0.1) is 17.7 Å². The predicted molar refractivity (Wildman–Crippen MR) is 81.4 cm³/mol. The van der Waals surface area contributed by atoms with Crippen LogP contribution in [-0.4, -0.2) is 41.2 Å². The Morgan fingerprint density at radius 1 is 1.24 bits per heavy atom. The SMILES string of the molecule is O=C(N[C@@H]1CCCC[C@H]1O)c1cccnc1N1CCCC1. The number of carbonyl (C=O) groups excluding carboxylic acids is 1. The molecule has 1 aliphatic carbocycles. The number of nitrogens with one attached hydrogen (secondary N) is 1. The maximum Gasteiger partial charge on any atom is 0.255 e. The average Bonchev–Trinajstić information content (AvgIpc) is 3.04. The van der Waals surface area contributed by atoms with E-state index >= 15 is 0 Å². The van der Waals surface area contributed by atoms with Crippen LogP contribution >= 0.6 is 0 Å². The average molecular weight is 289 g/mol. The third-order valence-electron chi connectivity index (χ3n) is 4.48. The fourth-order valence-electron chi connectivity index (χ4n) is 3.28. The second-order valence-electron chi connectivity index (χ2n) is 6.00. The molecule has 1 saturated heterocycles. The Morgan fingerprint density at radius 3 is 2.76 bits per heavy atom. The van der Waals surface area contributed by atoms with Crippen molar-refractivity contribution in [3.05, 3.63) is 23.9 Å². The standard InChI is InChI=1S/C16H23N3O2/c20-14-8-2-1-7-13(14)18-16(21)12-6-5-9-17-15(12)19-10-3-4-11-19/h5-6,9,13-14,20H,1-4,7-8,10-11H2,(H,18,21)/t13-,14-/m1/s1. The molecular formula is C16H23N3O2. The summed E-state index contributed by atoms with van der Waals surface area (Å²) in [5.41, 5.74) is 0.622. The summed E-state index contributed by atoms with van der Waals surface area (Å²) in [4.78, 5) is 19.1. The highest BCUT2D eigenvalue weighted by Gasteiger charge is 2.27. The van der Waals surface area contributed by atoms with Crippen LogP contribution in [0.4, 0.5) is 5.82 Å². The van der Waals surface area contributed by atoms with Gasteiger partial charge in [-0.05, 0) is 37.8 Å². The van der Waals surface area contributed by atoms with Gasteiger partial charge in [0, 0.05) is 19.3 Å². The first-order valence-electron chi connectivity index (χ1n) is 7.94. The molecular weight excluding hydrogens is 266 g/mol. The highest BCUT2D eigenvalue weighted by molar-refractivity contribution is 5.99. The molecule has 1 saturated carbocycles. The molecule has 1 aliphatic heterocycles. The van der Waals surface area contributed by atoms with Crippen molar-refractivity contribution in [1.29, 1.82) is 0 Å². The third-order valence-corrected chi connectivity index (χ3v) is 4.48. The van der Waals surface area contributed by atoms with E-state index in [2.05, 4.69) is 15.2 Å². The molecule has 0 aromatic carbocycles. The molecule has 0 spiro atoms. The minimum atomic E-state index is -0.422. The van der Waals surface area contributed by atoms with Gasteiger partial charge in [-0.25, -0.2) is 4.98 Å². The van der Waals surface area contributed by atoms with Crippen molar-refractivity contribution < 1.29 is 9.90 Å². The molecule has 2 atom stereocenters. The molecule has 0 bridgehead atoms. The van der Waals surface area contributed by atoms with E-state index in [0.29, 0.717) is 5.56 Å². The molecule has 2 heterocycles. The van der Waals surface area contributed by atoms with E-state index < -0.39 is 6.10 Å². The van der Waals surface area contributed by atoms with Crippen LogP contribution in [0.3, 0.4) is 0 Å². The summed E-state index contributed by atoms with van der Waals surface area (Å²) < 4.78 is 0. The van der Waals surface area contributed by atoms with Crippen molar-refractivity contribution in [3.63, 3.8) is 0 Å². The summed E-state index contributed by atoms with van der Waals surface area (Å²) in [6.45, 7) is 1.92. The summed E-state index contributed by atoms with van der Waals surface area (Å²) in [6, 6.07) is 3.50. The Balaban J connectivity index is 1.74. The monoisotopic (exact) mass is 289 g/mol. The number of anilines is 1. The normalized spacial score (nSPS) is 25.9. The van der Waals surface area contributed by atoms with Gasteiger partial charge in [-0.1, -0.05) is 12.8 Å². The lowest BCUT2D eigenvalue weighted by molar-refractivity contribution is 0.0717. The van der Waals surface area contributed by atoms with Gasteiger partial charge in [-0.2, -0.15) is 0 Å². The summed E-state index contributed by atoms with van der Waals surface area (Å²) in [6.07, 6.45) is 7.35. The van der Waals surface area contributed by atoms with Crippen LogP contribution in [-0.2, 0) is 0 Å². The number of aliphatic hydroxyl groups is 1. The molecule has 2 aliphatic rings. The number of pyridine rings is 1. The van der Waals surface area contributed by atoms with Gasteiger partial charge in [0.2, 0.25) is 0 Å². The molecule has 2 N–H and O–H groups in total. The van der Waals surface area contributed by atoms with Crippen molar-refractivity contribution in [1.82, 2.24) is 10.3 Å². The first-order valence-corrected chi connectivity index (χ1v) is 7.94. The minimum absolute atomic E-state index is 0.115. The van der Waals surface area contributed by atoms with Crippen molar-refractivity contribution in [2.45, 2.75) is 50.7 Å². The number of hydrogen-bond acceptors (Lipinski definition) is 4. The van der Waals surface area contributed by atoms with Crippen LogP contribution < -0.4 is 10.2 Å². The smallest absolute Gasteiger partial charge is 0.255 e. The van der Waals surface area contributed by atoms with Gasteiger partial charge in [-0.3, -0.25) is 4.79 Å². The Kier molecular flexibility index (Phi) is 4.39. The third kappa shape index (κ3) is 3.18. The highest BCUT2D eigenvalue weighted by Crippen LogP contribution is 2.23. The fraction of sp³-hybridized carbons (Fsp3) is 0.625. The van der Waals surface area contributed by atoms with Crippen LogP contribution in [0.25, 0.3) is 0 Å². The minimum Gasteiger partial charge on any atom is -0.391 e. The van der Waals surface area contributed by atoms with E-state index in [0.717, 1.165) is 57.4 Å². The van der Waals surface area contributed by atoms with Crippen molar-refractivity contribution in [2.24, 2.45) is 0 Å². The zero-order valence-electron chi connectivity index (χ0n) is 12.3. The van der Waals surface area contributed by atoms with E-state index in [1.165, 1.54) is 0 Å². The van der Waals surface area contributed by atoms with Gasteiger partial charge >= 0.3 is 0 Å². The number of rotatable bonds is 3. The second kappa shape index (κ2) is 6.43. The van der Waals surface area contributed by atoms with Crippen molar-refractivity contribution in [3.8, 4) is 0 Å². The molecule has 5 heteroatoms. The number of amides is 1. The maximum absolute atomic E-state index is 12.5. The molecule has 21 heavy (non-hydrogen) atoms. The molecule has 1 aromatic rings. The first kappa shape index (κ1) is 14.3. The lowest BCUT2D eigenvalue weighted by Crippen LogP contribution is -2.45. The zero-order chi connectivity index (χ0) is 14.7. The highest BCUT2D eigenvalue weighted by atomic mass is 16.3. The Bertz CT molecular complexity index is 500. The first-order chi connectivity index (χ1) is 10.3. The van der Waals surface area contributed by atoms with Crippen LogP contribution in [0.1, 0.15) is 48.9 Å². The van der Waals surface area contributed by atoms with E-state index in [1.807, 2.05) is 6.07 Å². The molecule has 0 unspecified atom stereocenters. The van der Waals surface area contributed by atoms with Crippen LogP contribution in [0, 0.1) is 0 Å². The van der Waals surface area contributed by atoms with Crippen molar-refractivity contribution >= 4 is 11.7 Å². The van der Waals surface area contributed by atoms with Gasteiger partial charge in [0.25, 0.3) is 5.91 Å². The topological polar surface area (TPSA) is 65.5 Å². The summed E-state index contributed by atoms with van der Waals surface area (Å²) in [5.74, 6) is 0.661. The molecule has 1 amide bonds. The number of hydrogen-bond donors (Lipinski definition) is 2. The Labute approximate surface area is 125 Å². The fourth-order valence-corrected chi connectivity index (χ4v) is 3.28. The molecule has 5 nitrogen and oxygen atoms in total. The van der Waals surface area contributed by atoms with Crippen LogP contribution in [0.5, 0.6) is 0 Å². The second-order valence-corrected chi connectivity index (χ2v) is 6.00. The van der Waals surface area contributed by atoms with E-state index in [-0.39, 0.29) is 11.9 Å². The van der Waals surface area contributed by atoms with Gasteiger partial charge < -0.3 is 15.3 Å². The maximum atomic E-state index is 12.5. The quantitative estimate of drug-likeness (QED) is 0.889. The number of carbonyl (C=O) groups is 1. The van der Waals surface area contributed by atoms with E-state index in [9.17, 15) is 9.90 Å². The number of aliphatic hydroxyl groups excluding tert-OH is 1. The summed E-state index contributed by atoms with van der Waals surface area (Å²) >= 11 is 0. The Morgan fingerprint density at radius 2 is 2.00 bits per heavy atom. The van der Waals surface area contributed by atoms with Gasteiger partial charge in [0.15, 0.2) is 0 Å². The number of nitrogens with zero attached hydrogens (tertiary/aromatic N) is 2. The summed E-state index contributed by atoms with van der Waals surface area (Å²) in [5, 5.41) is 13.0. The van der Waals surface area contributed by atoms with E-state index in [1.54, 1.807) is 12.3 Å². The lowest BCUT2D eigenvalue weighted by atomic mass is 9.92. The van der Waals surface area contributed by atoms with Gasteiger partial charge in [0.1, 0.15) is 5.82 Å². The van der Waals surface area contributed by atoms with Crippen LogP contribution in [0.2, 0.25) is 0 Å². The molecule has 3 rings (SSSR count). The summed E-state index contributed by atoms with van der Waals surface area (Å²) in [7, 11) is 0. The lowest BCUT2D eigenvalue weighted by Gasteiger charge is -2.29. The zero-order valence-corrected chi connectivity index (χ0v) is 12.3. The van der Waals surface area contributed by atoms with Gasteiger partial charge in [-0.15, -0.1) is 0 Å². The van der Waals surface area contributed by atoms with Crippen molar-refractivity contribution in [2.75, 3.05) is 18.0 Å². The predicted octanol–water partition coefficient (Wildman–Crippen LogP) is 1.72. The number of aromatic nitrogens is 1. The molecule has 1 aromatic heterocycles. The molecule has 0 radical (unpaired) electrons.